The molecule has 0 atom stereocenters. The van der Waals surface area contributed by atoms with Crippen LogP contribution in [0.1, 0.15) is 20.2 Å². The highest BCUT2D eigenvalue weighted by Crippen LogP contribution is 2.35. The first-order valence-corrected chi connectivity index (χ1v) is 11.6. The van der Waals surface area contributed by atoms with E-state index in [1.165, 1.54) is 28.3 Å². The van der Waals surface area contributed by atoms with Gasteiger partial charge in [0.25, 0.3) is 5.56 Å². The number of aryl methyl sites for hydroxylation is 2. The van der Waals surface area contributed by atoms with Gasteiger partial charge in [0.05, 0.1) is 17.4 Å². The molecule has 0 fully saturated rings. The van der Waals surface area contributed by atoms with Crippen LogP contribution in [0.2, 0.25) is 0 Å². The first-order valence-electron chi connectivity index (χ1n) is 9.98. The molecule has 3 aromatic heterocycles. The summed E-state index contributed by atoms with van der Waals surface area (Å²) in [4.78, 5) is 48.5. The van der Waals surface area contributed by atoms with Crippen LogP contribution in [-0.2, 0) is 16.1 Å². The van der Waals surface area contributed by atoms with Gasteiger partial charge in [0, 0.05) is 10.4 Å². The van der Waals surface area contributed by atoms with Gasteiger partial charge in [-0.05, 0) is 19.4 Å². The van der Waals surface area contributed by atoms with E-state index in [0.717, 1.165) is 27.3 Å². The Kier molecular flexibility index (Phi) is 6.47. The number of aromatic nitrogens is 3. The number of nitrogens with one attached hydrogen (secondary N) is 1. The lowest BCUT2D eigenvalue weighted by atomic mass is 10.0. The van der Waals surface area contributed by atoms with E-state index in [4.69, 9.17) is 4.74 Å². The van der Waals surface area contributed by atoms with Gasteiger partial charge in [0.15, 0.2) is 5.13 Å². The van der Waals surface area contributed by atoms with Crippen molar-refractivity contribution in [1.82, 2.24) is 14.5 Å². The van der Waals surface area contributed by atoms with Crippen LogP contribution in [-0.4, -0.2) is 33.0 Å². The second kappa shape index (κ2) is 9.47. The average Bonchev–Trinajstić information content (AvgIpc) is 3.33. The summed E-state index contributed by atoms with van der Waals surface area (Å²) in [5, 5.41) is 3.39. The highest BCUT2D eigenvalue weighted by atomic mass is 32.1. The van der Waals surface area contributed by atoms with Crippen LogP contribution < -0.4 is 10.9 Å². The van der Waals surface area contributed by atoms with Gasteiger partial charge in [-0.3, -0.25) is 14.2 Å². The Labute approximate surface area is 197 Å². The van der Waals surface area contributed by atoms with Gasteiger partial charge in [-0.25, -0.2) is 14.8 Å². The third-order valence-electron chi connectivity index (χ3n) is 4.79. The Balaban J connectivity index is 1.58. The minimum Gasteiger partial charge on any atom is -0.457 e. The lowest BCUT2D eigenvalue weighted by Gasteiger charge is -2.06. The summed E-state index contributed by atoms with van der Waals surface area (Å²) in [6, 6.07) is 9.64. The van der Waals surface area contributed by atoms with E-state index >= 15 is 0 Å². The topological polar surface area (TPSA) is 103 Å². The van der Waals surface area contributed by atoms with Crippen molar-refractivity contribution in [3.05, 3.63) is 75.1 Å². The molecule has 1 aromatic carbocycles. The molecule has 1 amide bonds. The summed E-state index contributed by atoms with van der Waals surface area (Å²) < 4.78 is 6.30. The number of esters is 1. The molecule has 1 N–H and O–H groups in total. The zero-order valence-corrected chi connectivity index (χ0v) is 19.6. The van der Waals surface area contributed by atoms with E-state index in [1.807, 2.05) is 37.3 Å². The number of carbonyl (C=O) groups is 2. The largest absolute Gasteiger partial charge is 0.457 e. The van der Waals surface area contributed by atoms with Crippen molar-refractivity contribution in [3.8, 4) is 11.1 Å². The lowest BCUT2D eigenvalue weighted by molar-refractivity contribution is -0.116. The number of ether oxygens (including phenoxy) is 1. The molecule has 0 aliphatic rings. The second-order valence-electron chi connectivity index (χ2n) is 7.13. The van der Waals surface area contributed by atoms with Crippen LogP contribution in [0.5, 0.6) is 0 Å². The van der Waals surface area contributed by atoms with Crippen LogP contribution in [0.4, 0.5) is 5.13 Å². The Morgan fingerprint density at radius 2 is 1.97 bits per heavy atom. The highest BCUT2D eigenvalue weighted by molar-refractivity contribution is 7.19. The smallest absolute Gasteiger partial charge is 0.350 e. The zero-order chi connectivity index (χ0) is 23.5. The Morgan fingerprint density at radius 1 is 1.21 bits per heavy atom. The van der Waals surface area contributed by atoms with Gasteiger partial charge in [-0.15, -0.1) is 11.3 Å². The van der Waals surface area contributed by atoms with E-state index in [1.54, 1.807) is 6.92 Å². The van der Waals surface area contributed by atoms with Crippen molar-refractivity contribution in [1.29, 1.82) is 0 Å². The summed E-state index contributed by atoms with van der Waals surface area (Å²) in [6.45, 7) is 6.96. The number of nitrogens with zero attached hydrogens (tertiary/aromatic N) is 3. The zero-order valence-electron chi connectivity index (χ0n) is 18.0. The predicted molar refractivity (Wildman–Crippen MR) is 130 cm³/mol. The fourth-order valence-electron chi connectivity index (χ4n) is 3.36. The summed E-state index contributed by atoms with van der Waals surface area (Å²) in [7, 11) is 0. The average molecular weight is 481 g/mol. The van der Waals surface area contributed by atoms with E-state index in [0.29, 0.717) is 20.8 Å². The molecule has 8 nitrogen and oxygen atoms in total. The maximum atomic E-state index is 13.2. The molecule has 0 spiro atoms. The number of carbonyl (C=O) groups excluding carboxylic acids is 2. The number of rotatable bonds is 7. The van der Waals surface area contributed by atoms with Crippen molar-refractivity contribution in [2.75, 3.05) is 11.9 Å². The van der Waals surface area contributed by atoms with Gasteiger partial charge in [0.2, 0.25) is 5.91 Å². The molecule has 0 unspecified atom stereocenters. The van der Waals surface area contributed by atoms with E-state index in [2.05, 4.69) is 21.9 Å². The maximum Gasteiger partial charge on any atom is 0.350 e. The van der Waals surface area contributed by atoms with E-state index in [9.17, 15) is 14.4 Å². The molecule has 4 aromatic rings. The Hall–Kier alpha value is -3.63. The van der Waals surface area contributed by atoms with Gasteiger partial charge >= 0.3 is 5.97 Å². The van der Waals surface area contributed by atoms with Gasteiger partial charge in [-0.2, -0.15) is 0 Å². The molecule has 0 radical (unpaired) electrons. The number of hydrogen-bond donors (Lipinski definition) is 1. The van der Waals surface area contributed by atoms with Crippen LogP contribution in [0.3, 0.4) is 0 Å². The van der Waals surface area contributed by atoms with Crippen LogP contribution in [0.15, 0.2) is 54.1 Å². The van der Waals surface area contributed by atoms with Crippen molar-refractivity contribution in [2.24, 2.45) is 0 Å². The summed E-state index contributed by atoms with van der Waals surface area (Å²) >= 11 is 2.46. The number of anilines is 1. The summed E-state index contributed by atoms with van der Waals surface area (Å²) in [5.74, 6) is -0.983. The number of hydrogen-bond acceptors (Lipinski definition) is 8. The second-order valence-corrected chi connectivity index (χ2v) is 9.33. The third-order valence-corrected chi connectivity index (χ3v) is 6.86. The predicted octanol–water partition coefficient (Wildman–Crippen LogP) is 4.18. The molecular weight excluding hydrogens is 460 g/mol. The van der Waals surface area contributed by atoms with Crippen molar-refractivity contribution >= 4 is 49.9 Å². The monoisotopic (exact) mass is 480 g/mol. The molecule has 0 saturated carbocycles. The quantitative estimate of drug-likeness (QED) is 0.314. The SMILES string of the molecule is C=CCOC(=O)c1sc(NC(=O)Cn2cnc3sc(C)c(-c4ccccc4)c3c2=O)nc1C. The van der Waals surface area contributed by atoms with Crippen LogP contribution in [0, 0.1) is 13.8 Å². The molecule has 3 heterocycles. The Morgan fingerprint density at radius 3 is 2.70 bits per heavy atom. The number of thiophene rings is 1. The van der Waals surface area contributed by atoms with E-state index < -0.39 is 11.9 Å². The van der Waals surface area contributed by atoms with Gasteiger partial charge < -0.3 is 10.1 Å². The lowest BCUT2D eigenvalue weighted by Crippen LogP contribution is -2.27. The first kappa shape index (κ1) is 22.6. The molecule has 0 saturated heterocycles. The third kappa shape index (κ3) is 4.62. The molecular formula is C23H20N4O4S2. The molecule has 0 aliphatic heterocycles. The normalized spacial score (nSPS) is 10.8. The highest BCUT2D eigenvalue weighted by Gasteiger charge is 2.20. The first-order chi connectivity index (χ1) is 15.9. The van der Waals surface area contributed by atoms with Crippen LogP contribution in [0.25, 0.3) is 21.3 Å². The van der Waals surface area contributed by atoms with Gasteiger partial charge in [-0.1, -0.05) is 54.3 Å². The van der Waals surface area contributed by atoms with Crippen LogP contribution >= 0.6 is 22.7 Å². The fraction of sp³-hybridized carbons (Fsp3) is 0.174. The number of thiazole rings is 1. The number of fused-ring (bicyclic) bond motifs is 1. The summed E-state index contributed by atoms with van der Waals surface area (Å²) in [6.07, 6.45) is 2.85. The summed E-state index contributed by atoms with van der Waals surface area (Å²) in [5.41, 5.74) is 1.92. The van der Waals surface area contributed by atoms with E-state index in [-0.39, 0.29) is 23.8 Å². The minimum absolute atomic E-state index is 0.0866. The fourth-order valence-corrected chi connectivity index (χ4v) is 5.24. The minimum atomic E-state index is -0.530. The Bertz CT molecular complexity index is 1420. The molecule has 168 valence electrons. The van der Waals surface area contributed by atoms with Gasteiger partial charge in [0.1, 0.15) is 22.9 Å². The standard InChI is InChI=1S/C23H20N4O4S2/c1-4-10-31-22(30)19-13(2)25-23(33-19)26-16(28)11-27-12-24-20-18(21(27)29)17(14(3)32-20)15-8-6-5-7-9-15/h4-9,12H,1,10-11H2,2-3H3,(H,25,26,28). The molecule has 0 bridgehead atoms. The molecule has 10 heteroatoms. The number of amides is 1. The molecule has 4 rings (SSSR count). The maximum absolute atomic E-state index is 13.2. The van der Waals surface area contributed by atoms with Crippen molar-refractivity contribution in [2.45, 2.75) is 20.4 Å². The number of benzene rings is 1. The van der Waals surface area contributed by atoms with Crippen molar-refractivity contribution in [3.63, 3.8) is 0 Å². The molecule has 33 heavy (non-hydrogen) atoms. The molecule has 0 aliphatic carbocycles. The van der Waals surface area contributed by atoms with Crippen molar-refractivity contribution < 1.29 is 14.3 Å².